The van der Waals surface area contributed by atoms with E-state index in [1.54, 1.807) is 6.07 Å². The normalized spacial score (nSPS) is 19.5. The molecule has 0 aromatic heterocycles. The smallest absolute Gasteiger partial charge is 0.248 e. The average Bonchev–Trinajstić information content (AvgIpc) is 2.79. The number of nitrogens with zero attached hydrogens (tertiary/aromatic N) is 2. The van der Waals surface area contributed by atoms with E-state index in [4.69, 9.17) is 5.73 Å². The molecule has 2 aromatic carbocycles. The number of amides is 1. The molecule has 0 aliphatic carbocycles. The highest BCUT2D eigenvalue weighted by molar-refractivity contribution is 5.92. The van der Waals surface area contributed by atoms with Gasteiger partial charge in [0.2, 0.25) is 5.91 Å². The van der Waals surface area contributed by atoms with Crippen molar-refractivity contribution in [2.45, 2.75) is 32.5 Å². The molecule has 2 aromatic rings. The van der Waals surface area contributed by atoms with Crippen molar-refractivity contribution in [1.82, 2.24) is 9.80 Å². The summed E-state index contributed by atoms with van der Waals surface area (Å²) in [6.45, 7) is 7.39. The van der Waals surface area contributed by atoms with Gasteiger partial charge in [-0.05, 0) is 36.6 Å². The van der Waals surface area contributed by atoms with Gasteiger partial charge in [0, 0.05) is 44.3 Å². The number of nitrogens with two attached hydrogens (primary N) is 1. The Morgan fingerprint density at radius 2 is 1.76 bits per heavy atom. The molecule has 1 heterocycles. The van der Waals surface area contributed by atoms with E-state index < -0.39 is 0 Å². The summed E-state index contributed by atoms with van der Waals surface area (Å²) >= 11 is 0. The third-order valence-electron chi connectivity index (χ3n) is 5.04. The topological polar surface area (TPSA) is 49.6 Å². The van der Waals surface area contributed by atoms with E-state index >= 15 is 0 Å². The molecule has 1 amide bonds. The van der Waals surface area contributed by atoms with E-state index in [9.17, 15) is 4.79 Å². The van der Waals surface area contributed by atoms with Crippen molar-refractivity contribution < 1.29 is 4.79 Å². The molecule has 1 atom stereocenters. The van der Waals surface area contributed by atoms with Crippen LogP contribution in [0.2, 0.25) is 0 Å². The monoisotopic (exact) mass is 337 g/mol. The Kier molecular flexibility index (Phi) is 5.84. The lowest BCUT2D eigenvalue weighted by atomic mass is 10.1. The van der Waals surface area contributed by atoms with E-state index in [2.05, 4.69) is 53.1 Å². The summed E-state index contributed by atoms with van der Waals surface area (Å²) in [6, 6.07) is 18.9. The maximum absolute atomic E-state index is 11.4. The quantitative estimate of drug-likeness (QED) is 0.913. The molecule has 1 saturated heterocycles. The summed E-state index contributed by atoms with van der Waals surface area (Å²) in [5.74, 6) is -0.361. The van der Waals surface area contributed by atoms with Crippen LogP contribution in [0, 0.1) is 0 Å². The molecule has 4 heteroatoms. The Morgan fingerprint density at radius 1 is 1.00 bits per heavy atom. The van der Waals surface area contributed by atoms with Crippen molar-refractivity contribution in [1.29, 1.82) is 0 Å². The lowest BCUT2D eigenvalue weighted by Crippen LogP contribution is -2.34. The Morgan fingerprint density at radius 3 is 2.52 bits per heavy atom. The number of benzene rings is 2. The SMILES string of the molecule is CC1CCN(Cc2ccccc2)CCN1Cc1cccc(C(N)=O)c1. The molecule has 0 saturated carbocycles. The van der Waals surface area contributed by atoms with Gasteiger partial charge in [0.1, 0.15) is 0 Å². The Balaban J connectivity index is 1.61. The predicted molar refractivity (Wildman–Crippen MR) is 101 cm³/mol. The first kappa shape index (κ1) is 17.6. The van der Waals surface area contributed by atoms with Crippen molar-refractivity contribution in [2.24, 2.45) is 5.73 Å². The van der Waals surface area contributed by atoms with Gasteiger partial charge in [0.25, 0.3) is 0 Å². The first-order chi connectivity index (χ1) is 12.1. The van der Waals surface area contributed by atoms with Crippen LogP contribution in [0.4, 0.5) is 0 Å². The van der Waals surface area contributed by atoms with E-state index in [1.165, 1.54) is 5.56 Å². The fourth-order valence-electron chi connectivity index (χ4n) is 3.45. The van der Waals surface area contributed by atoms with Gasteiger partial charge in [-0.1, -0.05) is 42.5 Å². The number of hydrogen-bond acceptors (Lipinski definition) is 3. The van der Waals surface area contributed by atoms with Gasteiger partial charge in [0.15, 0.2) is 0 Å². The third-order valence-corrected chi connectivity index (χ3v) is 5.04. The molecule has 0 spiro atoms. The van der Waals surface area contributed by atoms with Gasteiger partial charge < -0.3 is 5.73 Å². The molecule has 132 valence electrons. The second kappa shape index (κ2) is 8.28. The van der Waals surface area contributed by atoms with Gasteiger partial charge >= 0.3 is 0 Å². The lowest BCUT2D eigenvalue weighted by molar-refractivity contribution is 0.1000. The molecular formula is C21H27N3O. The summed E-state index contributed by atoms with van der Waals surface area (Å²) in [5.41, 5.74) is 8.51. The van der Waals surface area contributed by atoms with Crippen LogP contribution in [-0.4, -0.2) is 41.4 Å². The number of hydrogen-bond donors (Lipinski definition) is 1. The first-order valence-electron chi connectivity index (χ1n) is 9.01. The van der Waals surface area contributed by atoms with Gasteiger partial charge in [-0.15, -0.1) is 0 Å². The predicted octanol–water partition coefficient (Wildman–Crippen LogP) is 2.88. The van der Waals surface area contributed by atoms with Crippen molar-refractivity contribution >= 4 is 5.91 Å². The van der Waals surface area contributed by atoms with Crippen LogP contribution < -0.4 is 5.73 Å². The zero-order chi connectivity index (χ0) is 17.6. The highest BCUT2D eigenvalue weighted by Crippen LogP contribution is 2.17. The minimum absolute atomic E-state index is 0.361. The van der Waals surface area contributed by atoms with Gasteiger partial charge in [0.05, 0.1) is 0 Å². The van der Waals surface area contributed by atoms with E-state index in [1.807, 2.05) is 12.1 Å². The van der Waals surface area contributed by atoms with E-state index in [0.29, 0.717) is 11.6 Å². The van der Waals surface area contributed by atoms with Crippen molar-refractivity contribution in [3.05, 3.63) is 71.3 Å². The summed E-state index contributed by atoms with van der Waals surface area (Å²) in [7, 11) is 0. The minimum atomic E-state index is -0.361. The first-order valence-corrected chi connectivity index (χ1v) is 9.01. The molecule has 1 aliphatic rings. The lowest BCUT2D eigenvalue weighted by Gasteiger charge is -2.26. The molecule has 1 aliphatic heterocycles. The van der Waals surface area contributed by atoms with Crippen LogP contribution in [0.15, 0.2) is 54.6 Å². The summed E-state index contributed by atoms with van der Waals surface area (Å²) < 4.78 is 0. The highest BCUT2D eigenvalue weighted by Gasteiger charge is 2.21. The van der Waals surface area contributed by atoms with Crippen LogP contribution in [0.1, 0.15) is 34.8 Å². The fourth-order valence-corrected chi connectivity index (χ4v) is 3.45. The molecule has 1 unspecified atom stereocenters. The fraction of sp³-hybridized carbons (Fsp3) is 0.381. The molecule has 0 radical (unpaired) electrons. The van der Waals surface area contributed by atoms with Gasteiger partial charge in [-0.3, -0.25) is 14.6 Å². The number of carbonyl (C=O) groups excluding carboxylic acids is 1. The Labute approximate surface area is 150 Å². The van der Waals surface area contributed by atoms with Crippen LogP contribution in [0.3, 0.4) is 0 Å². The number of carbonyl (C=O) groups is 1. The molecule has 4 nitrogen and oxygen atoms in total. The standard InChI is InChI=1S/C21H27N3O/c1-17-10-11-23(15-18-6-3-2-4-7-18)12-13-24(17)16-19-8-5-9-20(14-19)21(22)25/h2-9,14,17H,10-13,15-16H2,1H3,(H2,22,25). The molecule has 3 rings (SSSR count). The molecule has 2 N–H and O–H groups in total. The second-order valence-corrected chi connectivity index (χ2v) is 6.93. The van der Waals surface area contributed by atoms with E-state index in [0.717, 1.165) is 44.7 Å². The van der Waals surface area contributed by atoms with Gasteiger partial charge in [-0.25, -0.2) is 0 Å². The summed E-state index contributed by atoms with van der Waals surface area (Å²) in [5, 5.41) is 0. The van der Waals surface area contributed by atoms with Crippen LogP contribution in [0.5, 0.6) is 0 Å². The largest absolute Gasteiger partial charge is 0.366 e. The maximum atomic E-state index is 11.4. The summed E-state index contributed by atoms with van der Waals surface area (Å²) in [4.78, 5) is 16.4. The Hall–Kier alpha value is -2.17. The van der Waals surface area contributed by atoms with E-state index in [-0.39, 0.29) is 5.91 Å². The van der Waals surface area contributed by atoms with Crippen molar-refractivity contribution in [2.75, 3.05) is 19.6 Å². The molecule has 1 fully saturated rings. The molecule has 25 heavy (non-hydrogen) atoms. The number of primary amides is 1. The second-order valence-electron chi connectivity index (χ2n) is 6.93. The average molecular weight is 337 g/mol. The van der Waals surface area contributed by atoms with Crippen LogP contribution >= 0.6 is 0 Å². The van der Waals surface area contributed by atoms with Crippen LogP contribution in [-0.2, 0) is 13.1 Å². The van der Waals surface area contributed by atoms with Gasteiger partial charge in [-0.2, -0.15) is 0 Å². The summed E-state index contributed by atoms with van der Waals surface area (Å²) in [6.07, 6.45) is 1.16. The van der Waals surface area contributed by atoms with Crippen LogP contribution in [0.25, 0.3) is 0 Å². The maximum Gasteiger partial charge on any atom is 0.248 e. The highest BCUT2D eigenvalue weighted by atomic mass is 16.1. The third kappa shape index (κ3) is 4.91. The molecule has 0 bridgehead atoms. The number of rotatable bonds is 5. The zero-order valence-corrected chi connectivity index (χ0v) is 14.9. The van der Waals surface area contributed by atoms with Crippen molar-refractivity contribution in [3.8, 4) is 0 Å². The minimum Gasteiger partial charge on any atom is -0.366 e. The zero-order valence-electron chi connectivity index (χ0n) is 14.9. The molecular weight excluding hydrogens is 310 g/mol. The Bertz CT molecular complexity index is 701. The van der Waals surface area contributed by atoms with Crippen molar-refractivity contribution in [3.63, 3.8) is 0 Å².